The number of amides is 2. The highest BCUT2D eigenvalue weighted by Crippen LogP contribution is 2.26. The molecule has 2 amide bonds. The molecule has 0 spiro atoms. The number of carbonyl (C=O) groups is 2. The van der Waals surface area contributed by atoms with Crippen molar-refractivity contribution in [3.05, 3.63) is 106 Å². The van der Waals surface area contributed by atoms with Crippen molar-refractivity contribution in [3.8, 4) is 5.75 Å². The van der Waals surface area contributed by atoms with Crippen LogP contribution in [-0.2, 0) is 17.6 Å². The average molecular weight is 462 g/mol. The van der Waals surface area contributed by atoms with E-state index in [0.29, 0.717) is 17.7 Å². The zero-order valence-corrected chi connectivity index (χ0v) is 18.6. The van der Waals surface area contributed by atoms with Gasteiger partial charge in [0, 0.05) is 24.6 Å². The Hall–Kier alpha value is -4.20. The second-order valence-electron chi connectivity index (χ2n) is 7.91. The summed E-state index contributed by atoms with van der Waals surface area (Å²) in [4.78, 5) is 36.1. The van der Waals surface area contributed by atoms with Gasteiger partial charge in [0.2, 0.25) is 5.91 Å². The van der Waals surface area contributed by atoms with E-state index in [1.54, 1.807) is 30.3 Å². The molecule has 176 valence electrons. The van der Waals surface area contributed by atoms with Crippen LogP contribution in [0, 0.1) is 10.1 Å². The fourth-order valence-corrected chi connectivity index (χ4v) is 3.55. The van der Waals surface area contributed by atoms with Crippen LogP contribution in [0.1, 0.15) is 34.3 Å². The number of aromatic hydroxyl groups is 1. The van der Waals surface area contributed by atoms with E-state index in [2.05, 4.69) is 22.8 Å². The molecule has 3 aromatic rings. The molecule has 3 rings (SSSR count). The van der Waals surface area contributed by atoms with E-state index in [1.165, 1.54) is 23.8 Å². The second-order valence-corrected chi connectivity index (χ2v) is 7.91. The number of benzene rings is 3. The van der Waals surface area contributed by atoms with E-state index < -0.39 is 28.3 Å². The minimum absolute atomic E-state index is 0.0372. The van der Waals surface area contributed by atoms with Crippen molar-refractivity contribution < 1.29 is 19.6 Å². The van der Waals surface area contributed by atoms with Crippen LogP contribution < -0.4 is 10.6 Å². The van der Waals surface area contributed by atoms with Gasteiger partial charge in [0.25, 0.3) is 5.91 Å². The van der Waals surface area contributed by atoms with Gasteiger partial charge in [-0.25, -0.2) is 0 Å². The fraction of sp³-hybridized carbons (Fsp3) is 0.231. The molecule has 0 aromatic heterocycles. The minimum atomic E-state index is -0.939. The summed E-state index contributed by atoms with van der Waals surface area (Å²) in [6.45, 7) is 0.444. The minimum Gasteiger partial charge on any atom is -0.502 e. The molecule has 0 bridgehead atoms. The normalized spacial score (nSPS) is 11.4. The molecule has 0 heterocycles. The first-order chi connectivity index (χ1) is 16.4. The number of phenolic OH excluding ortho intramolecular Hbond substituents is 1. The molecule has 1 unspecified atom stereocenters. The summed E-state index contributed by atoms with van der Waals surface area (Å²) in [6.07, 6.45) is 2.61. The van der Waals surface area contributed by atoms with Gasteiger partial charge in [-0.2, -0.15) is 0 Å². The lowest BCUT2D eigenvalue weighted by Crippen LogP contribution is -2.48. The Labute approximate surface area is 197 Å². The topological polar surface area (TPSA) is 122 Å². The van der Waals surface area contributed by atoms with Gasteiger partial charge >= 0.3 is 5.69 Å². The van der Waals surface area contributed by atoms with Crippen LogP contribution in [0.5, 0.6) is 5.75 Å². The molecule has 0 aliphatic rings. The standard InChI is InChI=1S/C26H27N3O5/c30-24-15-14-20(18-23(24)29(33)34)17-22(28-25(31)21-12-5-2-6-13-21)26(32)27-16-8-7-11-19-9-3-1-4-10-19/h1-6,9-10,12-15,18,22,30H,7-8,11,16-17H2,(H,27,32)(H,28,31). The molecular weight excluding hydrogens is 434 g/mol. The molecule has 0 saturated heterocycles. The van der Waals surface area contributed by atoms with Crippen molar-refractivity contribution in [1.29, 1.82) is 0 Å². The van der Waals surface area contributed by atoms with Crippen molar-refractivity contribution >= 4 is 17.5 Å². The Bertz CT molecular complexity index is 1120. The molecule has 0 fully saturated rings. The highest BCUT2D eigenvalue weighted by atomic mass is 16.6. The Morgan fingerprint density at radius 2 is 1.59 bits per heavy atom. The van der Waals surface area contributed by atoms with E-state index in [9.17, 15) is 24.8 Å². The summed E-state index contributed by atoms with van der Waals surface area (Å²) in [5, 5.41) is 26.4. The van der Waals surface area contributed by atoms with Crippen LogP contribution in [0.4, 0.5) is 5.69 Å². The van der Waals surface area contributed by atoms with Gasteiger partial charge < -0.3 is 15.7 Å². The van der Waals surface area contributed by atoms with Crippen LogP contribution in [-0.4, -0.2) is 34.4 Å². The summed E-state index contributed by atoms with van der Waals surface area (Å²) < 4.78 is 0. The third-order valence-electron chi connectivity index (χ3n) is 5.37. The molecule has 8 nitrogen and oxygen atoms in total. The largest absolute Gasteiger partial charge is 0.502 e. The van der Waals surface area contributed by atoms with Gasteiger partial charge in [-0.3, -0.25) is 19.7 Å². The number of carbonyl (C=O) groups excluding carboxylic acids is 2. The summed E-state index contributed by atoms with van der Waals surface area (Å²) in [5.74, 6) is -1.25. The summed E-state index contributed by atoms with van der Waals surface area (Å²) in [7, 11) is 0. The first kappa shape index (κ1) is 24.4. The molecule has 34 heavy (non-hydrogen) atoms. The van der Waals surface area contributed by atoms with Crippen LogP contribution in [0.2, 0.25) is 0 Å². The maximum Gasteiger partial charge on any atom is 0.310 e. The number of phenols is 1. The number of unbranched alkanes of at least 4 members (excludes halogenated alkanes) is 1. The number of nitrogens with zero attached hydrogens (tertiary/aromatic N) is 1. The number of hydrogen-bond acceptors (Lipinski definition) is 5. The van der Waals surface area contributed by atoms with Crippen molar-refractivity contribution in [2.75, 3.05) is 6.54 Å². The van der Waals surface area contributed by atoms with Crippen LogP contribution in [0.3, 0.4) is 0 Å². The summed E-state index contributed by atoms with van der Waals surface area (Å²) >= 11 is 0. The number of nitrogens with one attached hydrogen (secondary N) is 2. The molecule has 0 saturated carbocycles. The first-order valence-corrected chi connectivity index (χ1v) is 11.1. The summed E-state index contributed by atoms with van der Waals surface area (Å²) in [5.41, 5.74) is 1.63. The lowest BCUT2D eigenvalue weighted by molar-refractivity contribution is -0.385. The van der Waals surface area contributed by atoms with Gasteiger partial charge in [0.15, 0.2) is 5.75 Å². The molecule has 3 aromatic carbocycles. The average Bonchev–Trinajstić information content (AvgIpc) is 2.85. The maximum absolute atomic E-state index is 12.9. The Balaban J connectivity index is 1.64. The monoisotopic (exact) mass is 461 g/mol. The quantitative estimate of drug-likeness (QED) is 0.228. The molecule has 0 aliphatic carbocycles. The predicted octanol–water partition coefficient (Wildman–Crippen LogP) is 3.78. The van der Waals surface area contributed by atoms with E-state index in [0.717, 1.165) is 19.3 Å². The van der Waals surface area contributed by atoms with Gasteiger partial charge in [-0.15, -0.1) is 0 Å². The summed E-state index contributed by atoms with van der Waals surface area (Å²) in [6, 6.07) is 21.6. The van der Waals surface area contributed by atoms with E-state index in [4.69, 9.17) is 0 Å². The molecule has 0 radical (unpaired) electrons. The lowest BCUT2D eigenvalue weighted by atomic mass is 10.0. The Morgan fingerprint density at radius 1 is 0.912 bits per heavy atom. The highest BCUT2D eigenvalue weighted by Gasteiger charge is 2.23. The number of rotatable bonds is 11. The third-order valence-corrected chi connectivity index (χ3v) is 5.37. The fourth-order valence-electron chi connectivity index (χ4n) is 3.55. The van der Waals surface area contributed by atoms with Crippen molar-refractivity contribution in [3.63, 3.8) is 0 Å². The third kappa shape index (κ3) is 7.16. The SMILES string of the molecule is O=C(NC(Cc1ccc(O)c([N+](=O)[O-])c1)C(=O)NCCCCc1ccccc1)c1ccccc1. The van der Waals surface area contributed by atoms with Crippen LogP contribution >= 0.6 is 0 Å². The van der Waals surface area contributed by atoms with Crippen molar-refractivity contribution in [2.24, 2.45) is 0 Å². The molecular formula is C26H27N3O5. The van der Waals surface area contributed by atoms with Crippen LogP contribution in [0.25, 0.3) is 0 Å². The Morgan fingerprint density at radius 3 is 2.26 bits per heavy atom. The van der Waals surface area contributed by atoms with Crippen LogP contribution in [0.15, 0.2) is 78.9 Å². The molecule has 3 N–H and O–H groups in total. The van der Waals surface area contributed by atoms with Gasteiger partial charge in [-0.05, 0) is 48.6 Å². The van der Waals surface area contributed by atoms with Gasteiger partial charge in [0.05, 0.1) is 4.92 Å². The van der Waals surface area contributed by atoms with E-state index >= 15 is 0 Å². The van der Waals surface area contributed by atoms with Crippen molar-refractivity contribution in [1.82, 2.24) is 10.6 Å². The Kier molecular flexibility index (Phi) is 8.73. The number of nitro benzene ring substituents is 1. The lowest BCUT2D eigenvalue weighted by Gasteiger charge is -2.19. The number of aryl methyl sites for hydroxylation is 1. The molecule has 8 heteroatoms. The number of nitro groups is 1. The number of hydrogen-bond donors (Lipinski definition) is 3. The maximum atomic E-state index is 12.9. The first-order valence-electron chi connectivity index (χ1n) is 11.1. The predicted molar refractivity (Wildman–Crippen MR) is 129 cm³/mol. The van der Waals surface area contributed by atoms with Crippen molar-refractivity contribution in [2.45, 2.75) is 31.7 Å². The second kappa shape index (κ2) is 12.2. The zero-order chi connectivity index (χ0) is 24.3. The van der Waals surface area contributed by atoms with Gasteiger partial charge in [0.1, 0.15) is 6.04 Å². The molecule has 0 aliphatic heterocycles. The zero-order valence-electron chi connectivity index (χ0n) is 18.6. The smallest absolute Gasteiger partial charge is 0.310 e. The highest BCUT2D eigenvalue weighted by molar-refractivity contribution is 5.97. The van der Waals surface area contributed by atoms with Gasteiger partial charge in [-0.1, -0.05) is 54.6 Å². The van der Waals surface area contributed by atoms with E-state index in [1.807, 2.05) is 18.2 Å². The molecule has 1 atom stereocenters. The van der Waals surface area contributed by atoms with E-state index in [-0.39, 0.29) is 12.3 Å².